The Hall–Kier alpha value is -0.290. The summed E-state index contributed by atoms with van der Waals surface area (Å²) in [6.07, 6.45) is 9.57. The van der Waals surface area contributed by atoms with Crippen LogP contribution in [0.5, 0.6) is 0 Å². The van der Waals surface area contributed by atoms with E-state index in [0.717, 1.165) is 6.54 Å². The van der Waals surface area contributed by atoms with Crippen LogP contribution in [0.3, 0.4) is 0 Å². The van der Waals surface area contributed by atoms with Gasteiger partial charge in [-0.2, -0.15) is 0 Å². The summed E-state index contributed by atoms with van der Waals surface area (Å²) >= 11 is 2.35. The van der Waals surface area contributed by atoms with E-state index in [1.807, 2.05) is 0 Å². The van der Waals surface area contributed by atoms with Crippen LogP contribution in [0.15, 0.2) is 24.3 Å². The molecule has 2 nitrogen and oxygen atoms in total. The number of hydrogen-bond acceptors (Lipinski definition) is 2. The van der Waals surface area contributed by atoms with Crippen molar-refractivity contribution in [2.75, 3.05) is 11.9 Å². The molecule has 2 aliphatic rings. The first-order valence-electron chi connectivity index (χ1n) is 7.43. The molecule has 1 unspecified atom stereocenters. The second-order valence-electron chi connectivity index (χ2n) is 5.91. The summed E-state index contributed by atoms with van der Waals surface area (Å²) in [5.41, 5.74) is 1.45. The molecule has 19 heavy (non-hydrogen) atoms. The highest BCUT2D eigenvalue weighted by atomic mass is 127. The Balaban J connectivity index is 1.52. The molecule has 1 aliphatic heterocycles. The minimum Gasteiger partial charge on any atom is -0.382 e. The van der Waals surface area contributed by atoms with Gasteiger partial charge in [-0.25, -0.2) is 0 Å². The number of benzene rings is 1. The van der Waals surface area contributed by atoms with Gasteiger partial charge in [0.15, 0.2) is 0 Å². The number of rotatable bonds is 3. The predicted molar refractivity (Wildman–Crippen MR) is 87.6 cm³/mol. The Morgan fingerprint density at radius 1 is 1.21 bits per heavy atom. The van der Waals surface area contributed by atoms with Gasteiger partial charge in [-0.15, -0.1) is 0 Å². The van der Waals surface area contributed by atoms with Crippen LogP contribution in [0.4, 0.5) is 5.69 Å². The molecule has 1 aromatic rings. The molecule has 1 spiro atoms. The number of halogens is 1. The van der Waals surface area contributed by atoms with E-state index in [-0.39, 0.29) is 5.60 Å². The fraction of sp³-hybridized carbons (Fsp3) is 0.625. The highest BCUT2D eigenvalue weighted by Crippen LogP contribution is 2.41. The molecule has 1 aromatic carbocycles. The Morgan fingerprint density at radius 3 is 2.84 bits per heavy atom. The van der Waals surface area contributed by atoms with Crippen molar-refractivity contribution in [1.82, 2.24) is 0 Å². The van der Waals surface area contributed by atoms with Gasteiger partial charge >= 0.3 is 0 Å². The number of nitrogens with one attached hydrogen (secondary N) is 1. The van der Waals surface area contributed by atoms with Crippen LogP contribution in [0, 0.1) is 3.57 Å². The molecule has 0 bridgehead atoms. The lowest BCUT2D eigenvalue weighted by Gasteiger charge is -2.33. The average Bonchev–Trinajstić information content (AvgIpc) is 2.80. The molecule has 104 valence electrons. The molecule has 1 saturated carbocycles. The fourth-order valence-corrected chi connectivity index (χ4v) is 3.98. The normalized spacial score (nSPS) is 25.6. The summed E-state index contributed by atoms with van der Waals surface area (Å²) < 4.78 is 7.65. The molecular weight excluding hydrogens is 349 g/mol. The third-order valence-electron chi connectivity index (χ3n) is 4.46. The van der Waals surface area contributed by atoms with Crippen molar-refractivity contribution >= 4 is 28.3 Å². The summed E-state index contributed by atoms with van der Waals surface area (Å²) in [5, 5.41) is 3.52. The minimum absolute atomic E-state index is 0.246. The van der Waals surface area contributed by atoms with Crippen LogP contribution < -0.4 is 5.32 Å². The van der Waals surface area contributed by atoms with Crippen LogP contribution in [-0.4, -0.2) is 18.2 Å². The molecule has 3 heteroatoms. The smallest absolute Gasteiger partial charge is 0.0756 e. The lowest BCUT2D eigenvalue weighted by atomic mass is 9.83. The maximum atomic E-state index is 6.38. The lowest BCUT2D eigenvalue weighted by Crippen LogP contribution is -2.33. The Kier molecular flexibility index (Phi) is 4.32. The summed E-state index contributed by atoms with van der Waals surface area (Å²) in [4.78, 5) is 0. The van der Waals surface area contributed by atoms with Crippen molar-refractivity contribution in [3.63, 3.8) is 0 Å². The van der Waals surface area contributed by atoms with E-state index in [0.29, 0.717) is 6.10 Å². The first-order chi connectivity index (χ1) is 9.26. The third kappa shape index (κ3) is 3.43. The van der Waals surface area contributed by atoms with Crippen LogP contribution in [0.25, 0.3) is 0 Å². The number of hydrogen-bond donors (Lipinski definition) is 1. The van der Waals surface area contributed by atoms with E-state index < -0.39 is 0 Å². The Morgan fingerprint density at radius 2 is 2.05 bits per heavy atom. The number of anilines is 1. The molecule has 0 aromatic heterocycles. The van der Waals surface area contributed by atoms with E-state index >= 15 is 0 Å². The van der Waals surface area contributed by atoms with Gasteiger partial charge in [0.1, 0.15) is 0 Å². The van der Waals surface area contributed by atoms with Gasteiger partial charge < -0.3 is 10.1 Å². The third-order valence-corrected chi connectivity index (χ3v) is 5.13. The Labute approximate surface area is 129 Å². The lowest BCUT2D eigenvalue weighted by molar-refractivity contribution is -0.0588. The maximum absolute atomic E-state index is 6.38. The van der Waals surface area contributed by atoms with Gasteiger partial charge in [0, 0.05) is 15.8 Å². The van der Waals surface area contributed by atoms with Crippen molar-refractivity contribution in [1.29, 1.82) is 0 Å². The molecule has 1 heterocycles. The van der Waals surface area contributed by atoms with Crippen molar-refractivity contribution in [2.24, 2.45) is 0 Å². The van der Waals surface area contributed by atoms with E-state index in [2.05, 4.69) is 52.2 Å². The summed E-state index contributed by atoms with van der Waals surface area (Å²) in [5.74, 6) is 0. The van der Waals surface area contributed by atoms with Crippen molar-refractivity contribution < 1.29 is 4.74 Å². The molecular formula is C16H22INO. The molecule has 3 rings (SSSR count). The van der Waals surface area contributed by atoms with E-state index in [1.54, 1.807) is 0 Å². The van der Waals surface area contributed by atoms with Crippen molar-refractivity contribution in [3.8, 4) is 0 Å². The van der Waals surface area contributed by atoms with E-state index in [9.17, 15) is 0 Å². The molecule has 1 atom stereocenters. The fourth-order valence-electron chi connectivity index (χ4n) is 3.43. The SMILES string of the molecule is Ic1cccc(NCC2CCC3(CCCCC3)O2)c1. The first-order valence-corrected chi connectivity index (χ1v) is 8.51. The molecule has 1 N–H and O–H groups in total. The predicted octanol–water partition coefficient (Wildman–Crippen LogP) is 4.59. The van der Waals surface area contributed by atoms with Gasteiger partial charge in [0.05, 0.1) is 11.7 Å². The zero-order chi connectivity index (χ0) is 13.1. The highest BCUT2D eigenvalue weighted by molar-refractivity contribution is 14.1. The average molecular weight is 371 g/mol. The monoisotopic (exact) mass is 371 g/mol. The second-order valence-corrected chi connectivity index (χ2v) is 7.16. The Bertz CT molecular complexity index is 429. The minimum atomic E-state index is 0.246. The molecule has 1 aliphatic carbocycles. The molecule has 0 amide bonds. The van der Waals surface area contributed by atoms with Gasteiger partial charge in [0.2, 0.25) is 0 Å². The van der Waals surface area contributed by atoms with Gasteiger partial charge in [-0.05, 0) is 66.5 Å². The summed E-state index contributed by atoms with van der Waals surface area (Å²) in [7, 11) is 0. The molecule has 2 fully saturated rings. The van der Waals surface area contributed by atoms with Crippen LogP contribution >= 0.6 is 22.6 Å². The highest BCUT2D eigenvalue weighted by Gasteiger charge is 2.40. The van der Waals surface area contributed by atoms with Gasteiger partial charge in [0.25, 0.3) is 0 Å². The quantitative estimate of drug-likeness (QED) is 0.785. The van der Waals surface area contributed by atoms with Crippen molar-refractivity contribution in [3.05, 3.63) is 27.8 Å². The zero-order valence-electron chi connectivity index (χ0n) is 11.3. The topological polar surface area (TPSA) is 21.3 Å². The molecule has 0 radical (unpaired) electrons. The number of ether oxygens (including phenoxy) is 1. The van der Waals surface area contributed by atoms with Crippen LogP contribution in [0.1, 0.15) is 44.9 Å². The summed E-state index contributed by atoms with van der Waals surface area (Å²) in [6.45, 7) is 0.946. The largest absolute Gasteiger partial charge is 0.382 e. The molecule has 1 saturated heterocycles. The van der Waals surface area contributed by atoms with Gasteiger partial charge in [-0.1, -0.05) is 25.3 Å². The summed E-state index contributed by atoms with van der Waals surface area (Å²) in [6, 6.07) is 8.54. The second kappa shape index (κ2) is 6.00. The van der Waals surface area contributed by atoms with Crippen LogP contribution in [-0.2, 0) is 4.74 Å². The van der Waals surface area contributed by atoms with Gasteiger partial charge in [-0.3, -0.25) is 0 Å². The standard InChI is InChI=1S/C16H22INO/c17-13-5-4-6-14(11-13)18-12-15-7-10-16(19-15)8-2-1-3-9-16/h4-6,11,15,18H,1-3,7-10,12H2. The zero-order valence-corrected chi connectivity index (χ0v) is 13.5. The maximum Gasteiger partial charge on any atom is 0.0756 e. The van der Waals surface area contributed by atoms with E-state index in [1.165, 1.54) is 54.2 Å². The first kappa shape index (κ1) is 13.7. The van der Waals surface area contributed by atoms with E-state index in [4.69, 9.17) is 4.74 Å². The van der Waals surface area contributed by atoms with Crippen molar-refractivity contribution in [2.45, 2.75) is 56.7 Å². The van der Waals surface area contributed by atoms with Crippen LogP contribution in [0.2, 0.25) is 0 Å².